The second-order valence-corrected chi connectivity index (χ2v) is 13.1. The zero-order valence-electron chi connectivity index (χ0n) is 30.0. The Balaban J connectivity index is 1.46. The third-order valence-electron chi connectivity index (χ3n) is 9.13. The summed E-state index contributed by atoms with van der Waals surface area (Å²) in [5.74, 6) is -6.11. The number of ether oxygens (including phenoxy) is 9. The van der Waals surface area contributed by atoms with E-state index in [9.17, 15) is 54.9 Å². The van der Waals surface area contributed by atoms with Gasteiger partial charge < -0.3 is 78.4 Å². The maximum atomic E-state index is 13.3. The van der Waals surface area contributed by atoms with Crippen LogP contribution < -0.4 is 0 Å². The molecule has 20 nitrogen and oxygen atoms in total. The van der Waals surface area contributed by atoms with Crippen LogP contribution in [0.15, 0.2) is 60.7 Å². The van der Waals surface area contributed by atoms with Gasteiger partial charge in [0, 0.05) is 13.8 Å². The van der Waals surface area contributed by atoms with Gasteiger partial charge in [0.1, 0.15) is 80.9 Å². The van der Waals surface area contributed by atoms with Crippen LogP contribution in [0.3, 0.4) is 0 Å². The van der Waals surface area contributed by atoms with E-state index >= 15 is 0 Å². The highest BCUT2D eigenvalue weighted by Gasteiger charge is 2.62. The molecule has 0 bridgehead atoms. The number of carbonyl (C=O) groups excluding carboxylic acids is 4. The molecular weight excluding hydrogens is 752 g/mol. The lowest BCUT2D eigenvalue weighted by Crippen LogP contribution is -2.66. The summed E-state index contributed by atoms with van der Waals surface area (Å²) >= 11 is 0. The lowest BCUT2D eigenvalue weighted by Gasteiger charge is -2.47. The summed E-state index contributed by atoms with van der Waals surface area (Å²) in [6, 6.07) is 15.2. The first-order valence-electron chi connectivity index (χ1n) is 17.4. The summed E-state index contributed by atoms with van der Waals surface area (Å²) in [4.78, 5) is 49.6. The van der Waals surface area contributed by atoms with E-state index in [0.29, 0.717) is 0 Å². The normalized spacial score (nSPS) is 35.6. The molecule has 5 rings (SSSR count). The third kappa shape index (κ3) is 9.85. The highest BCUT2D eigenvalue weighted by atomic mass is 16.8. The van der Waals surface area contributed by atoms with E-state index < -0.39 is 136 Å². The summed E-state index contributed by atoms with van der Waals surface area (Å²) < 4.78 is 50.5. The van der Waals surface area contributed by atoms with Crippen LogP contribution in [0.5, 0.6) is 0 Å². The summed E-state index contributed by atoms with van der Waals surface area (Å²) in [6.45, 7) is -1.10. The van der Waals surface area contributed by atoms with Gasteiger partial charge in [-0.25, -0.2) is 9.59 Å². The summed E-state index contributed by atoms with van der Waals surface area (Å²) in [5.41, 5.74) is 0.167. The lowest BCUT2D eigenvalue weighted by atomic mass is 9.97. The molecule has 308 valence electrons. The number of hydrogen-bond donors (Lipinski definition) is 7. The van der Waals surface area contributed by atoms with Gasteiger partial charge in [-0.3, -0.25) is 9.59 Å². The number of hydrogen-bond acceptors (Lipinski definition) is 20. The topological polar surface area (TPSA) is 293 Å². The second-order valence-electron chi connectivity index (χ2n) is 13.1. The van der Waals surface area contributed by atoms with Crippen molar-refractivity contribution in [2.45, 2.75) is 99.4 Å². The molecule has 0 unspecified atom stereocenters. The molecular formula is C36H44O20. The maximum absolute atomic E-state index is 13.3. The summed E-state index contributed by atoms with van der Waals surface area (Å²) in [5, 5.41) is 76.2. The fourth-order valence-corrected chi connectivity index (χ4v) is 6.17. The molecule has 3 aliphatic heterocycles. The van der Waals surface area contributed by atoms with E-state index in [1.807, 2.05) is 0 Å². The molecule has 2 aromatic rings. The number of rotatable bonds is 14. The van der Waals surface area contributed by atoms with E-state index in [0.717, 1.165) is 13.8 Å². The molecule has 3 aliphatic rings. The van der Waals surface area contributed by atoms with Crippen molar-refractivity contribution in [1.29, 1.82) is 0 Å². The largest absolute Gasteiger partial charge is 0.463 e. The molecule has 3 saturated heterocycles. The Morgan fingerprint density at radius 1 is 0.625 bits per heavy atom. The van der Waals surface area contributed by atoms with Gasteiger partial charge in [-0.1, -0.05) is 36.4 Å². The van der Waals surface area contributed by atoms with E-state index in [-0.39, 0.29) is 11.1 Å². The van der Waals surface area contributed by atoms with Crippen molar-refractivity contribution in [3.8, 4) is 0 Å². The average Bonchev–Trinajstić information content (AvgIpc) is 3.45. The number of aliphatic hydroxyl groups is 7. The van der Waals surface area contributed by atoms with Gasteiger partial charge in [-0.05, 0) is 24.3 Å². The van der Waals surface area contributed by atoms with Crippen molar-refractivity contribution < 1.29 is 97.6 Å². The van der Waals surface area contributed by atoms with Gasteiger partial charge in [0.2, 0.25) is 5.79 Å². The lowest BCUT2D eigenvalue weighted by molar-refractivity contribution is -0.407. The summed E-state index contributed by atoms with van der Waals surface area (Å²) in [6.07, 6.45) is -24.4. The predicted octanol–water partition coefficient (Wildman–Crippen LogP) is -2.70. The number of aliphatic hydroxyl groups excluding tert-OH is 7. The van der Waals surface area contributed by atoms with Crippen LogP contribution in [-0.2, 0) is 52.2 Å². The van der Waals surface area contributed by atoms with Gasteiger partial charge in [0.25, 0.3) is 0 Å². The van der Waals surface area contributed by atoms with Crippen molar-refractivity contribution in [1.82, 2.24) is 0 Å². The first-order chi connectivity index (χ1) is 26.6. The zero-order valence-corrected chi connectivity index (χ0v) is 30.0. The Kier molecular flexibility index (Phi) is 14.5. The van der Waals surface area contributed by atoms with Gasteiger partial charge in [0.05, 0.1) is 17.7 Å². The second kappa shape index (κ2) is 18.9. The smallest absolute Gasteiger partial charge is 0.338 e. The standard InChI is InChI=1S/C36H44O20/c1-17(38)48-14-22-25(41)28(44)30(53-34-29(45)27(43)24(40)23(51-34)15-49-32(46)19-9-5-3-6-10-19)35(52-22)56-36(16-50-18(2)39)31(26(42)21(13-37)55-36)54-33(47)20-11-7-4-8-12-20/h3-12,21-31,34-35,37,40-45H,13-16H2,1-2H3/t21-,22-,23-,24-,25-,26-,27+,28+,29-,30-,31+,34+,35+,36+/m1/s1. The molecule has 56 heavy (non-hydrogen) atoms. The zero-order chi connectivity index (χ0) is 40.7. The molecule has 0 amide bonds. The fraction of sp³-hybridized carbons (Fsp3) is 0.556. The van der Waals surface area contributed by atoms with Crippen LogP contribution in [0.1, 0.15) is 34.6 Å². The van der Waals surface area contributed by atoms with Crippen molar-refractivity contribution in [2.75, 3.05) is 26.4 Å². The van der Waals surface area contributed by atoms with Crippen molar-refractivity contribution in [3.63, 3.8) is 0 Å². The van der Waals surface area contributed by atoms with Crippen LogP contribution in [0.4, 0.5) is 0 Å². The maximum Gasteiger partial charge on any atom is 0.338 e. The van der Waals surface area contributed by atoms with Crippen molar-refractivity contribution >= 4 is 23.9 Å². The van der Waals surface area contributed by atoms with Gasteiger partial charge >= 0.3 is 23.9 Å². The quantitative estimate of drug-likeness (QED) is 0.0756. The molecule has 20 heteroatoms. The molecule has 0 radical (unpaired) electrons. The van der Waals surface area contributed by atoms with Crippen LogP contribution in [0, 0.1) is 0 Å². The average molecular weight is 797 g/mol. The number of esters is 4. The van der Waals surface area contributed by atoms with Crippen LogP contribution in [0.2, 0.25) is 0 Å². The molecule has 0 saturated carbocycles. The van der Waals surface area contributed by atoms with Crippen molar-refractivity contribution in [2.24, 2.45) is 0 Å². The first kappa shape index (κ1) is 43.0. The highest BCUT2D eigenvalue weighted by molar-refractivity contribution is 5.89. The van der Waals surface area contributed by atoms with E-state index in [2.05, 4.69) is 0 Å². The summed E-state index contributed by atoms with van der Waals surface area (Å²) in [7, 11) is 0. The molecule has 3 fully saturated rings. The van der Waals surface area contributed by atoms with E-state index in [1.54, 1.807) is 24.3 Å². The number of benzene rings is 2. The Labute approximate surface area is 318 Å². The minimum atomic E-state index is -2.57. The van der Waals surface area contributed by atoms with Gasteiger partial charge in [-0.15, -0.1) is 0 Å². The van der Waals surface area contributed by atoms with Crippen LogP contribution in [-0.4, -0.2) is 172 Å². The molecule has 7 N–H and O–H groups in total. The van der Waals surface area contributed by atoms with Gasteiger partial charge in [0.15, 0.2) is 18.7 Å². The molecule has 2 aromatic carbocycles. The van der Waals surface area contributed by atoms with Crippen LogP contribution in [0.25, 0.3) is 0 Å². The van der Waals surface area contributed by atoms with Crippen molar-refractivity contribution in [3.05, 3.63) is 71.8 Å². The minimum Gasteiger partial charge on any atom is -0.463 e. The Bertz CT molecular complexity index is 1630. The predicted molar refractivity (Wildman–Crippen MR) is 180 cm³/mol. The first-order valence-corrected chi connectivity index (χ1v) is 17.4. The van der Waals surface area contributed by atoms with E-state index in [1.165, 1.54) is 36.4 Å². The van der Waals surface area contributed by atoms with E-state index in [4.69, 9.17) is 42.6 Å². The fourth-order valence-electron chi connectivity index (χ4n) is 6.17. The monoisotopic (exact) mass is 796 g/mol. The third-order valence-corrected chi connectivity index (χ3v) is 9.13. The molecule has 0 aromatic heterocycles. The molecule has 0 spiro atoms. The highest BCUT2D eigenvalue weighted by Crippen LogP contribution is 2.40. The van der Waals surface area contributed by atoms with Gasteiger partial charge in [-0.2, -0.15) is 0 Å². The molecule has 14 atom stereocenters. The Morgan fingerprint density at radius 2 is 1.16 bits per heavy atom. The van der Waals surface area contributed by atoms with Crippen LogP contribution >= 0.6 is 0 Å². The Hall–Kier alpha value is -4.16. The molecule has 3 heterocycles. The SMILES string of the molecule is CC(=O)OC[C@H]1O[C@@H](O[C@]2(COC(C)=O)O[C@H](CO)[C@@H](O)[C@@H]2OC(=O)c2ccccc2)[C@H](O[C@@H]2O[C@H](COC(=O)c3ccccc3)[C@@H](O)[C@H](O)[C@H]2O)[C@@H](O)[C@@H]1O. The minimum absolute atomic E-state index is 0.0110. The molecule has 0 aliphatic carbocycles. The number of carbonyl (C=O) groups is 4. The Morgan fingerprint density at radius 3 is 1.73 bits per heavy atom.